The van der Waals surface area contributed by atoms with E-state index in [2.05, 4.69) is 20.3 Å². The smallest absolute Gasteiger partial charge is 0.367 e. The summed E-state index contributed by atoms with van der Waals surface area (Å²) in [4.78, 5) is 27.3. The third-order valence-electron chi connectivity index (χ3n) is 6.60. The van der Waals surface area contributed by atoms with Gasteiger partial charge >= 0.3 is 16.5 Å². The molecule has 0 bridgehead atoms. The van der Waals surface area contributed by atoms with Crippen LogP contribution >= 0.6 is 22.7 Å². The molecule has 3 N–H and O–H groups in total. The molecule has 210 valence electrons. The van der Waals surface area contributed by atoms with E-state index in [1.807, 2.05) is 0 Å². The zero-order valence-corrected chi connectivity index (χ0v) is 23.0. The summed E-state index contributed by atoms with van der Waals surface area (Å²) >= 11 is 1.84. The van der Waals surface area contributed by atoms with Gasteiger partial charge in [-0.3, -0.25) is 8.98 Å². The summed E-state index contributed by atoms with van der Waals surface area (Å²) in [5, 5.41) is 7.26. The van der Waals surface area contributed by atoms with Gasteiger partial charge in [0.15, 0.2) is 5.01 Å². The molecule has 0 spiro atoms. The zero-order valence-electron chi connectivity index (χ0n) is 20.5. The van der Waals surface area contributed by atoms with E-state index >= 15 is 0 Å². The third-order valence-corrected chi connectivity index (χ3v) is 9.31. The minimum absolute atomic E-state index is 0.0156. The summed E-state index contributed by atoms with van der Waals surface area (Å²) < 4.78 is 72.5. The Balaban J connectivity index is 1.34. The molecule has 3 aromatic heterocycles. The Bertz CT molecular complexity index is 1490. The van der Waals surface area contributed by atoms with Crippen LogP contribution in [0, 0.1) is 12.8 Å². The summed E-state index contributed by atoms with van der Waals surface area (Å²) in [5.41, 5.74) is 1.09. The van der Waals surface area contributed by atoms with Crippen molar-refractivity contribution in [3.63, 3.8) is 0 Å². The molecule has 1 fully saturated rings. The number of thiophene rings is 1. The fraction of sp³-hybridized carbons (Fsp3) is 0.478. The zero-order chi connectivity index (χ0) is 27.9. The molecule has 2 unspecified atom stereocenters. The van der Waals surface area contributed by atoms with Crippen molar-refractivity contribution in [3.05, 3.63) is 55.1 Å². The van der Waals surface area contributed by atoms with Crippen LogP contribution in [0.4, 0.5) is 19.0 Å². The van der Waals surface area contributed by atoms with E-state index < -0.39 is 27.6 Å². The molecule has 0 radical (unpaired) electrons. The molecule has 3 atom stereocenters. The van der Waals surface area contributed by atoms with E-state index in [0.717, 1.165) is 4.88 Å². The number of fused-ring (bicyclic) bond motifs is 1. The molecular formula is C23H24F3N5O5S3. The largest absolute Gasteiger partial charge is 0.443 e. The first kappa shape index (κ1) is 28.0. The quantitative estimate of drug-likeness (QED) is 0.365. The SMILES string of the molecule is Cc1sc(C(=O)c2cncnc2NC2CC[C@@H](COS(N)(=O)=O)C2)cc1C1OCCc2sc(C(F)(F)F)nc21. The lowest BCUT2D eigenvalue weighted by Crippen LogP contribution is -2.22. The maximum atomic E-state index is 13.5. The van der Waals surface area contributed by atoms with Gasteiger partial charge in [0.05, 0.1) is 29.3 Å². The number of carbonyl (C=O) groups is 1. The van der Waals surface area contributed by atoms with Crippen molar-refractivity contribution in [2.45, 2.75) is 50.9 Å². The molecule has 0 amide bonds. The monoisotopic (exact) mass is 603 g/mol. The maximum absolute atomic E-state index is 13.5. The van der Waals surface area contributed by atoms with Crippen LogP contribution in [-0.4, -0.2) is 48.4 Å². The Hall–Kier alpha value is -2.50. The molecule has 16 heteroatoms. The van der Waals surface area contributed by atoms with Gasteiger partial charge in [-0.1, -0.05) is 0 Å². The first-order chi connectivity index (χ1) is 18.4. The number of hydrogen-bond acceptors (Lipinski definition) is 11. The summed E-state index contributed by atoms with van der Waals surface area (Å²) in [7, 11) is -4.02. The highest BCUT2D eigenvalue weighted by Gasteiger charge is 2.39. The highest BCUT2D eigenvalue weighted by atomic mass is 32.2. The number of nitrogens with zero attached hydrogens (tertiary/aromatic N) is 3. The fourth-order valence-electron chi connectivity index (χ4n) is 4.81. The number of aromatic nitrogens is 3. The van der Waals surface area contributed by atoms with Crippen molar-refractivity contribution in [1.82, 2.24) is 15.0 Å². The van der Waals surface area contributed by atoms with Gasteiger partial charge in [-0.25, -0.2) is 20.1 Å². The van der Waals surface area contributed by atoms with Crippen LogP contribution in [0.3, 0.4) is 0 Å². The molecule has 1 saturated carbocycles. The molecule has 4 heterocycles. The summed E-state index contributed by atoms with van der Waals surface area (Å²) in [6.07, 6.45) is -0.224. The van der Waals surface area contributed by atoms with E-state index in [0.29, 0.717) is 58.2 Å². The van der Waals surface area contributed by atoms with Crippen LogP contribution in [0.25, 0.3) is 0 Å². The van der Waals surface area contributed by atoms with Crippen LogP contribution in [-0.2, 0) is 31.8 Å². The van der Waals surface area contributed by atoms with E-state index in [9.17, 15) is 26.4 Å². The Kier molecular flexibility index (Phi) is 7.78. The molecule has 3 aromatic rings. The highest BCUT2D eigenvalue weighted by molar-refractivity contribution is 7.84. The Morgan fingerprint density at radius 1 is 1.31 bits per heavy atom. The van der Waals surface area contributed by atoms with Gasteiger partial charge in [0.1, 0.15) is 18.2 Å². The molecule has 2 aliphatic rings. The number of anilines is 1. The standard InChI is InChI=1S/C23H24F3N5O5S3/c1-11-14(20-18-16(4-5-35-20)38-22(31-18)23(24,25)26)7-17(37-11)19(32)15-8-28-10-29-21(15)30-13-3-2-12(6-13)9-36-39(27,33)34/h7-8,10,12-13,20H,2-6,9H2,1H3,(H2,27,33,34)(H,28,29,30)/t12-,13?,20?/m1/s1. The van der Waals surface area contributed by atoms with E-state index in [4.69, 9.17) is 14.1 Å². The number of rotatable bonds is 8. The lowest BCUT2D eigenvalue weighted by Gasteiger charge is -2.22. The Morgan fingerprint density at radius 3 is 2.85 bits per heavy atom. The second-order valence-electron chi connectivity index (χ2n) is 9.36. The van der Waals surface area contributed by atoms with Crippen molar-refractivity contribution in [2.75, 3.05) is 18.5 Å². The molecule has 1 aliphatic heterocycles. The van der Waals surface area contributed by atoms with Gasteiger partial charge < -0.3 is 10.1 Å². The Labute approximate surface area is 230 Å². The second-order valence-corrected chi connectivity index (χ2v) is 12.9. The second kappa shape index (κ2) is 10.8. The molecule has 0 saturated heterocycles. The predicted molar refractivity (Wildman–Crippen MR) is 137 cm³/mol. The topological polar surface area (TPSA) is 146 Å². The van der Waals surface area contributed by atoms with E-state index in [1.54, 1.807) is 13.0 Å². The van der Waals surface area contributed by atoms with Crippen molar-refractivity contribution in [2.24, 2.45) is 11.1 Å². The van der Waals surface area contributed by atoms with Gasteiger partial charge in [-0.15, -0.1) is 22.7 Å². The van der Waals surface area contributed by atoms with Crippen LogP contribution < -0.4 is 10.5 Å². The molecule has 10 nitrogen and oxygen atoms in total. The molecule has 1 aliphatic carbocycles. The number of halogens is 3. The van der Waals surface area contributed by atoms with Gasteiger partial charge in [0.25, 0.3) is 0 Å². The van der Waals surface area contributed by atoms with Crippen molar-refractivity contribution in [1.29, 1.82) is 0 Å². The summed E-state index contributed by atoms with van der Waals surface area (Å²) in [5.74, 6) is -0.0192. The molecule has 5 rings (SSSR count). The van der Waals surface area contributed by atoms with E-state index in [-0.39, 0.29) is 42.2 Å². The number of hydrogen-bond donors (Lipinski definition) is 2. The maximum Gasteiger partial charge on any atom is 0.443 e. The number of ether oxygens (including phenoxy) is 1. The first-order valence-corrected chi connectivity index (χ1v) is 15.1. The van der Waals surface area contributed by atoms with Crippen LogP contribution in [0.15, 0.2) is 18.6 Å². The molecular weight excluding hydrogens is 579 g/mol. The number of nitrogens with two attached hydrogens (primary N) is 1. The summed E-state index contributed by atoms with van der Waals surface area (Å²) in [6, 6.07) is 1.57. The van der Waals surface area contributed by atoms with Crippen molar-refractivity contribution < 1.29 is 35.3 Å². The minimum Gasteiger partial charge on any atom is -0.367 e. The van der Waals surface area contributed by atoms with Crippen molar-refractivity contribution in [3.8, 4) is 0 Å². The minimum atomic E-state index is -4.54. The Morgan fingerprint density at radius 2 is 2.10 bits per heavy atom. The van der Waals surface area contributed by atoms with Crippen LogP contribution in [0.1, 0.15) is 66.6 Å². The van der Waals surface area contributed by atoms with Crippen LogP contribution in [0.5, 0.6) is 0 Å². The first-order valence-electron chi connectivity index (χ1n) is 12.0. The lowest BCUT2D eigenvalue weighted by molar-refractivity contribution is -0.137. The van der Waals surface area contributed by atoms with E-state index in [1.165, 1.54) is 23.9 Å². The number of nitrogens with one attached hydrogen (secondary N) is 1. The van der Waals surface area contributed by atoms with Gasteiger partial charge in [0.2, 0.25) is 5.78 Å². The average molecular weight is 604 g/mol. The van der Waals surface area contributed by atoms with Gasteiger partial charge in [-0.05, 0) is 38.2 Å². The normalized spacial score (nSPS) is 21.6. The average Bonchev–Trinajstić information content (AvgIpc) is 3.60. The number of ketones is 1. The summed E-state index contributed by atoms with van der Waals surface area (Å²) in [6.45, 7) is 2.02. The number of aryl methyl sites for hydroxylation is 1. The fourth-order valence-corrected chi connectivity index (χ4v) is 7.13. The molecule has 39 heavy (non-hydrogen) atoms. The van der Waals surface area contributed by atoms with Crippen LogP contribution in [0.2, 0.25) is 0 Å². The highest BCUT2D eigenvalue weighted by Crippen LogP contribution is 2.43. The van der Waals surface area contributed by atoms with Gasteiger partial charge in [-0.2, -0.15) is 21.6 Å². The number of alkyl halides is 3. The van der Waals surface area contributed by atoms with Gasteiger partial charge in [0, 0.05) is 34.0 Å². The van der Waals surface area contributed by atoms with Crippen molar-refractivity contribution >= 4 is 44.6 Å². The number of thiazole rings is 1. The molecule has 0 aromatic carbocycles. The lowest BCUT2D eigenvalue weighted by atomic mass is 10.0. The third kappa shape index (κ3) is 6.30. The predicted octanol–water partition coefficient (Wildman–Crippen LogP) is 4.02. The number of carbonyl (C=O) groups excluding carboxylic acids is 1.